The Bertz CT molecular complexity index is 689. The standard InChI is InChI=1S/C18H28O2S5/c1-9(2)13(19)14(21-10(3)4)17-24-18(25-17)15(22-11(5)6)16(20)23-12(7)8/h9-12H,1-8H3. The van der Waals surface area contributed by atoms with Crippen molar-refractivity contribution in [3.63, 3.8) is 0 Å². The monoisotopic (exact) mass is 436 g/mol. The fourth-order valence-electron chi connectivity index (χ4n) is 1.75. The first-order valence-corrected chi connectivity index (χ1v) is 12.7. The minimum absolute atomic E-state index is 0.00869. The summed E-state index contributed by atoms with van der Waals surface area (Å²) in [6.45, 7) is 16.4. The molecule has 1 rings (SSSR count). The van der Waals surface area contributed by atoms with E-state index in [1.54, 1.807) is 46.2 Å². The van der Waals surface area contributed by atoms with E-state index in [-0.39, 0.29) is 22.1 Å². The van der Waals surface area contributed by atoms with Gasteiger partial charge in [0.05, 0.1) is 13.7 Å². The van der Waals surface area contributed by atoms with Crippen molar-refractivity contribution in [3.05, 3.63) is 7.69 Å². The highest BCUT2D eigenvalue weighted by Crippen LogP contribution is 2.30. The van der Waals surface area contributed by atoms with Crippen LogP contribution in [0.2, 0.25) is 0 Å². The molecule has 0 saturated heterocycles. The van der Waals surface area contributed by atoms with Crippen molar-refractivity contribution in [3.8, 4) is 0 Å². The fraction of sp³-hybridized carbons (Fsp3) is 0.667. The van der Waals surface area contributed by atoms with Gasteiger partial charge in [-0.1, -0.05) is 67.2 Å². The number of carbonyl (C=O) groups is 2. The molecular weight excluding hydrogens is 409 g/mol. The molecule has 0 fully saturated rings. The predicted octanol–water partition coefficient (Wildman–Crippen LogP) is 5.20. The van der Waals surface area contributed by atoms with Crippen LogP contribution in [0.1, 0.15) is 55.4 Å². The zero-order chi connectivity index (χ0) is 19.3. The molecule has 142 valence electrons. The van der Waals surface area contributed by atoms with Gasteiger partial charge in [-0.15, -0.1) is 46.2 Å². The lowest BCUT2D eigenvalue weighted by atomic mass is 10.1. The van der Waals surface area contributed by atoms with Gasteiger partial charge in [0.15, 0.2) is 5.78 Å². The summed E-state index contributed by atoms with van der Waals surface area (Å²) in [7, 11) is 0. The van der Waals surface area contributed by atoms with E-state index in [1.807, 2.05) is 27.7 Å². The molecule has 1 heterocycles. The number of carbonyl (C=O) groups excluding carboxylic acids is 2. The summed E-state index contributed by atoms with van der Waals surface area (Å²) in [5, 5.41) is 1.14. The third-order valence-electron chi connectivity index (χ3n) is 2.72. The summed E-state index contributed by atoms with van der Waals surface area (Å²) in [5.41, 5.74) is 0. The minimum Gasteiger partial charge on any atom is -0.293 e. The van der Waals surface area contributed by atoms with Gasteiger partial charge in [0.2, 0.25) is 5.12 Å². The molecule has 0 aliphatic heterocycles. The van der Waals surface area contributed by atoms with Crippen molar-refractivity contribution in [2.45, 2.75) is 71.1 Å². The molecule has 25 heavy (non-hydrogen) atoms. The first kappa shape index (κ1) is 23.3. The van der Waals surface area contributed by atoms with Crippen LogP contribution in [-0.2, 0) is 9.59 Å². The van der Waals surface area contributed by atoms with Gasteiger partial charge in [0, 0.05) is 21.7 Å². The summed E-state index contributed by atoms with van der Waals surface area (Å²) >= 11 is 7.85. The Labute approximate surface area is 172 Å². The lowest BCUT2D eigenvalue weighted by molar-refractivity contribution is -0.116. The zero-order valence-corrected chi connectivity index (χ0v) is 20.2. The molecule has 0 amide bonds. The second kappa shape index (κ2) is 10.6. The average molecular weight is 437 g/mol. The molecule has 0 spiro atoms. The molecule has 0 radical (unpaired) electrons. The Morgan fingerprint density at radius 3 is 1.48 bits per heavy atom. The second-order valence-electron chi connectivity index (χ2n) is 6.74. The Morgan fingerprint density at radius 2 is 1.08 bits per heavy atom. The molecule has 7 heteroatoms. The van der Waals surface area contributed by atoms with E-state index in [4.69, 9.17) is 0 Å². The molecule has 1 aromatic heterocycles. The minimum atomic E-state index is -0.00869. The highest BCUT2D eigenvalue weighted by molar-refractivity contribution is 8.21. The van der Waals surface area contributed by atoms with E-state index in [0.717, 1.165) is 17.5 Å². The first-order valence-electron chi connectivity index (χ1n) is 8.45. The third-order valence-corrected chi connectivity index (χ3v) is 9.03. The van der Waals surface area contributed by atoms with Crippen molar-refractivity contribution >= 4 is 78.7 Å². The maximum Gasteiger partial charge on any atom is 0.228 e. The fourth-order valence-corrected chi connectivity index (χ4v) is 7.32. The van der Waals surface area contributed by atoms with E-state index in [9.17, 15) is 9.59 Å². The van der Waals surface area contributed by atoms with Gasteiger partial charge in [-0.3, -0.25) is 9.59 Å². The first-order chi connectivity index (χ1) is 11.5. The number of ketones is 1. The molecule has 0 N–H and O–H groups in total. The molecule has 0 aliphatic carbocycles. The maximum absolute atomic E-state index is 12.6. The van der Waals surface area contributed by atoms with Crippen molar-refractivity contribution in [2.24, 2.45) is 5.92 Å². The van der Waals surface area contributed by atoms with Crippen molar-refractivity contribution in [1.29, 1.82) is 0 Å². The van der Waals surface area contributed by atoms with Crippen LogP contribution in [0, 0.1) is 5.92 Å². The highest BCUT2D eigenvalue weighted by Gasteiger charge is 2.21. The molecule has 1 aromatic rings. The average Bonchev–Trinajstić information content (AvgIpc) is 2.40. The summed E-state index contributed by atoms with van der Waals surface area (Å²) in [6.07, 6.45) is 0. The van der Waals surface area contributed by atoms with Gasteiger partial charge >= 0.3 is 0 Å². The SMILES string of the molecule is CC(C)SC(=O)C(SC(C)C)=c1sc(=C(SC(C)C)C(=O)C(C)C)s1. The van der Waals surface area contributed by atoms with Crippen LogP contribution in [-0.4, -0.2) is 26.6 Å². The van der Waals surface area contributed by atoms with E-state index >= 15 is 0 Å². The molecule has 0 unspecified atom stereocenters. The normalized spacial score (nSPS) is 11.8. The van der Waals surface area contributed by atoms with Gasteiger partial charge in [0.1, 0.15) is 3.85 Å². The Morgan fingerprint density at radius 1 is 0.680 bits per heavy atom. The molecule has 2 nitrogen and oxygen atoms in total. The maximum atomic E-state index is 12.6. The number of Topliss-reactive ketones (excluding diaryl/α,β-unsaturated/α-hetero) is 1. The van der Waals surface area contributed by atoms with Gasteiger partial charge in [-0.25, -0.2) is 0 Å². The molecule has 0 aliphatic rings. The van der Waals surface area contributed by atoms with Crippen LogP contribution in [0.15, 0.2) is 0 Å². The van der Waals surface area contributed by atoms with E-state index in [0.29, 0.717) is 10.5 Å². The van der Waals surface area contributed by atoms with Gasteiger partial charge in [-0.05, 0) is 0 Å². The Hall–Kier alpha value is 0.310. The molecule has 0 saturated carbocycles. The summed E-state index contributed by atoms with van der Waals surface area (Å²) < 4.78 is 2.10. The topological polar surface area (TPSA) is 34.1 Å². The molecular formula is C18H28O2S5. The van der Waals surface area contributed by atoms with Gasteiger partial charge in [-0.2, -0.15) is 0 Å². The highest BCUT2D eigenvalue weighted by atomic mass is 32.2. The van der Waals surface area contributed by atoms with Crippen molar-refractivity contribution in [2.75, 3.05) is 0 Å². The van der Waals surface area contributed by atoms with Gasteiger partial charge in [0.25, 0.3) is 0 Å². The van der Waals surface area contributed by atoms with E-state index in [2.05, 4.69) is 27.7 Å². The number of thioether (sulfide) groups is 3. The largest absolute Gasteiger partial charge is 0.293 e. The van der Waals surface area contributed by atoms with Crippen LogP contribution in [0.5, 0.6) is 0 Å². The van der Waals surface area contributed by atoms with E-state index in [1.165, 1.54) is 11.8 Å². The van der Waals surface area contributed by atoms with Crippen LogP contribution >= 0.6 is 58.0 Å². The third kappa shape index (κ3) is 7.45. The van der Waals surface area contributed by atoms with Crippen molar-refractivity contribution in [1.82, 2.24) is 0 Å². The Kier molecular flexibility index (Phi) is 9.89. The molecule has 0 bridgehead atoms. The Balaban J connectivity index is 3.38. The van der Waals surface area contributed by atoms with Crippen LogP contribution in [0.3, 0.4) is 0 Å². The van der Waals surface area contributed by atoms with Crippen molar-refractivity contribution < 1.29 is 9.59 Å². The molecule has 0 atom stereocenters. The van der Waals surface area contributed by atoms with Crippen LogP contribution in [0.25, 0.3) is 9.81 Å². The number of rotatable bonds is 8. The number of hydrogen-bond donors (Lipinski definition) is 0. The van der Waals surface area contributed by atoms with Crippen LogP contribution in [0.4, 0.5) is 0 Å². The summed E-state index contributed by atoms with van der Waals surface area (Å²) in [5.74, 6) is 0.194. The predicted molar refractivity (Wildman–Crippen MR) is 121 cm³/mol. The second-order valence-corrected chi connectivity index (χ2v) is 14.0. The smallest absolute Gasteiger partial charge is 0.228 e. The lowest BCUT2D eigenvalue weighted by Gasteiger charge is -2.13. The van der Waals surface area contributed by atoms with Gasteiger partial charge < -0.3 is 0 Å². The summed E-state index contributed by atoms with van der Waals surface area (Å²) in [4.78, 5) is 26.8. The van der Waals surface area contributed by atoms with Crippen LogP contribution < -0.4 is 7.69 Å². The van der Waals surface area contributed by atoms with E-state index < -0.39 is 0 Å². The molecule has 0 aromatic carbocycles. The lowest BCUT2D eigenvalue weighted by Crippen LogP contribution is -2.22. The quantitative estimate of drug-likeness (QED) is 0.559. The number of hydrogen-bond acceptors (Lipinski definition) is 7. The zero-order valence-electron chi connectivity index (χ0n) is 16.2. The summed E-state index contributed by atoms with van der Waals surface area (Å²) in [6, 6.07) is 0.